The number of methoxy groups -OCH3 is 2. The van der Waals surface area contributed by atoms with Gasteiger partial charge in [-0.2, -0.15) is 0 Å². The molecule has 0 radical (unpaired) electrons. The molecule has 188 valence electrons. The van der Waals surface area contributed by atoms with Crippen LogP contribution in [-0.2, 0) is 24.8 Å². The van der Waals surface area contributed by atoms with Crippen LogP contribution in [0.3, 0.4) is 0 Å². The third-order valence-corrected chi connectivity index (χ3v) is 6.90. The van der Waals surface area contributed by atoms with E-state index in [4.69, 9.17) is 9.47 Å². The summed E-state index contributed by atoms with van der Waals surface area (Å²) in [5.41, 5.74) is 5.27. The second-order valence-electron chi connectivity index (χ2n) is 9.06. The van der Waals surface area contributed by atoms with Gasteiger partial charge in [0, 0.05) is 45.7 Å². The van der Waals surface area contributed by atoms with E-state index in [1.807, 2.05) is 61.5 Å². The van der Waals surface area contributed by atoms with Crippen molar-refractivity contribution in [2.75, 3.05) is 14.2 Å². The standard InChI is InChI=1S/C30H29N3O4/c1-18-23(24-14-21(37-4)11-13-26(24)32-18)16-28(34)31-17-27-29(19-8-6-5-7-9-19)25-15-20(36-3)10-12-22(25)30(35)33(27)2/h5-15,32H,16-17H2,1-4H3,(H,31,34). The van der Waals surface area contributed by atoms with E-state index in [0.29, 0.717) is 11.1 Å². The summed E-state index contributed by atoms with van der Waals surface area (Å²) in [5, 5.41) is 5.40. The average Bonchev–Trinajstić information content (AvgIpc) is 3.23. The van der Waals surface area contributed by atoms with Crippen molar-refractivity contribution in [2.45, 2.75) is 19.9 Å². The van der Waals surface area contributed by atoms with Gasteiger partial charge in [0.25, 0.3) is 5.56 Å². The summed E-state index contributed by atoms with van der Waals surface area (Å²) < 4.78 is 12.4. The zero-order valence-corrected chi connectivity index (χ0v) is 21.3. The Kier molecular flexibility index (Phi) is 6.44. The van der Waals surface area contributed by atoms with E-state index in [2.05, 4.69) is 10.3 Å². The molecule has 1 amide bonds. The first-order valence-electron chi connectivity index (χ1n) is 12.1. The van der Waals surface area contributed by atoms with Crippen molar-refractivity contribution in [2.24, 2.45) is 7.05 Å². The van der Waals surface area contributed by atoms with E-state index in [-0.39, 0.29) is 24.4 Å². The molecule has 37 heavy (non-hydrogen) atoms. The van der Waals surface area contributed by atoms with Crippen molar-refractivity contribution in [1.82, 2.24) is 14.9 Å². The van der Waals surface area contributed by atoms with Gasteiger partial charge in [-0.05, 0) is 54.4 Å². The fourth-order valence-electron chi connectivity index (χ4n) is 4.93. The topological polar surface area (TPSA) is 85.4 Å². The van der Waals surface area contributed by atoms with Gasteiger partial charge in [-0.3, -0.25) is 9.59 Å². The maximum atomic E-state index is 13.3. The highest BCUT2D eigenvalue weighted by Crippen LogP contribution is 2.33. The van der Waals surface area contributed by atoms with Gasteiger partial charge in [-0.15, -0.1) is 0 Å². The van der Waals surface area contributed by atoms with Gasteiger partial charge >= 0.3 is 0 Å². The summed E-state index contributed by atoms with van der Waals surface area (Å²) in [7, 11) is 4.98. The molecule has 0 aliphatic heterocycles. The molecule has 2 heterocycles. The van der Waals surface area contributed by atoms with E-state index < -0.39 is 0 Å². The number of aromatic amines is 1. The predicted molar refractivity (Wildman–Crippen MR) is 146 cm³/mol. The van der Waals surface area contributed by atoms with Crippen LogP contribution >= 0.6 is 0 Å². The van der Waals surface area contributed by atoms with Crippen LogP contribution in [0.25, 0.3) is 32.8 Å². The highest BCUT2D eigenvalue weighted by molar-refractivity contribution is 5.98. The van der Waals surface area contributed by atoms with E-state index in [9.17, 15) is 9.59 Å². The Morgan fingerprint density at radius 3 is 2.30 bits per heavy atom. The first kappa shape index (κ1) is 24.2. The minimum atomic E-state index is -0.135. The number of nitrogens with one attached hydrogen (secondary N) is 2. The Balaban J connectivity index is 1.53. The SMILES string of the molecule is COc1ccc2[nH]c(C)c(CC(=O)NCc3c(-c4ccccc4)c4cc(OC)ccc4c(=O)n3C)c2c1. The molecular formula is C30H29N3O4. The van der Waals surface area contributed by atoms with Crippen LogP contribution in [0.4, 0.5) is 0 Å². The molecule has 0 spiro atoms. The fourth-order valence-corrected chi connectivity index (χ4v) is 4.93. The summed E-state index contributed by atoms with van der Waals surface area (Å²) >= 11 is 0. The first-order chi connectivity index (χ1) is 17.9. The lowest BCUT2D eigenvalue weighted by molar-refractivity contribution is -0.120. The lowest BCUT2D eigenvalue weighted by atomic mass is 9.96. The summed E-state index contributed by atoms with van der Waals surface area (Å²) in [6, 6.07) is 21.1. The van der Waals surface area contributed by atoms with Crippen LogP contribution in [0.15, 0.2) is 71.5 Å². The average molecular weight is 496 g/mol. The quantitative estimate of drug-likeness (QED) is 0.337. The number of fused-ring (bicyclic) bond motifs is 2. The normalized spacial score (nSPS) is 11.1. The largest absolute Gasteiger partial charge is 0.497 e. The van der Waals surface area contributed by atoms with Gasteiger partial charge < -0.3 is 24.3 Å². The van der Waals surface area contributed by atoms with E-state index in [1.165, 1.54) is 0 Å². The van der Waals surface area contributed by atoms with Gasteiger partial charge in [0.05, 0.1) is 27.2 Å². The number of carbonyl (C=O) groups excluding carboxylic acids is 1. The molecule has 3 aromatic carbocycles. The molecule has 0 fully saturated rings. The first-order valence-corrected chi connectivity index (χ1v) is 12.1. The zero-order chi connectivity index (χ0) is 26.1. The molecule has 5 aromatic rings. The number of hydrogen-bond donors (Lipinski definition) is 2. The zero-order valence-electron chi connectivity index (χ0n) is 21.3. The van der Waals surface area contributed by atoms with Crippen molar-refractivity contribution in [3.63, 3.8) is 0 Å². The lowest BCUT2D eigenvalue weighted by Crippen LogP contribution is -2.30. The molecule has 2 aromatic heterocycles. The highest BCUT2D eigenvalue weighted by atomic mass is 16.5. The van der Waals surface area contributed by atoms with E-state index >= 15 is 0 Å². The number of benzene rings is 3. The highest BCUT2D eigenvalue weighted by Gasteiger charge is 2.19. The van der Waals surface area contributed by atoms with Crippen LogP contribution in [0.5, 0.6) is 11.5 Å². The lowest BCUT2D eigenvalue weighted by Gasteiger charge is -2.19. The van der Waals surface area contributed by atoms with Gasteiger partial charge in [0.15, 0.2) is 0 Å². The Morgan fingerprint density at radius 1 is 0.919 bits per heavy atom. The number of hydrogen-bond acceptors (Lipinski definition) is 4. The van der Waals surface area contributed by atoms with Crippen LogP contribution in [0.1, 0.15) is 17.0 Å². The van der Waals surface area contributed by atoms with Crippen LogP contribution in [0, 0.1) is 6.92 Å². The van der Waals surface area contributed by atoms with Gasteiger partial charge in [0.2, 0.25) is 5.91 Å². The van der Waals surface area contributed by atoms with Gasteiger partial charge in [0.1, 0.15) is 11.5 Å². The Hall–Kier alpha value is -4.52. The number of aryl methyl sites for hydroxylation is 1. The predicted octanol–water partition coefficient (Wildman–Crippen LogP) is 4.87. The minimum absolute atomic E-state index is 0.124. The third-order valence-electron chi connectivity index (χ3n) is 6.90. The third kappa shape index (κ3) is 4.44. The number of amides is 1. The second kappa shape index (κ2) is 9.85. The molecule has 5 rings (SSSR count). The maximum Gasteiger partial charge on any atom is 0.258 e. The Morgan fingerprint density at radius 2 is 1.59 bits per heavy atom. The molecular weight excluding hydrogens is 466 g/mol. The van der Waals surface area contributed by atoms with Crippen LogP contribution in [-0.4, -0.2) is 29.7 Å². The minimum Gasteiger partial charge on any atom is -0.497 e. The summed E-state index contributed by atoms with van der Waals surface area (Å²) in [5.74, 6) is 1.27. The van der Waals surface area contributed by atoms with E-state index in [0.717, 1.165) is 50.1 Å². The molecule has 0 atom stereocenters. The smallest absolute Gasteiger partial charge is 0.258 e. The van der Waals surface area contributed by atoms with Crippen molar-refractivity contribution < 1.29 is 14.3 Å². The summed E-state index contributed by atoms with van der Waals surface area (Å²) in [6.07, 6.45) is 0.203. The monoisotopic (exact) mass is 495 g/mol. The van der Waals surface area contributed by atoms with Crippen molar-refractivity contribution in [3.8, 4) is 22.6 Å². The number of nitrogens with zero attached hydrogens (tertiary/aromatic N) is 1. The summed E-state index contributed by atoms with van der Waals surface area (Å²) in [4.78, 5) is 29.8. The van der Waals surface area contributed by atoms with E-state index in [1.54, 1.807) is 38.0 Å². The van der Waals surface area contributed by atoms with Crippen molar-refractivity contribution in [3.05, 3.63) is 94.0 Å². The number of H-pyrrole nitrogens is 1. The molecule has 0 saturated carbocycles. The van der Waals surface area contributed by atoms with Crippen molar-refractivity contribution in [1.29, 1.82) is 0 Å². The maximum absolute atomic E-state index is 13.3. The number of carbonyl (C=O) groups is 1. The van der Waals surface area contributed by atoms with Crippen molar-refractivity contribution >= 4 is 27.6 Å². The number of ether oxygens (including phenoxy) is 2. The van der Waals surface area contributed by atoms with Crippen LogP contribution in [0.2, 0.25) is 0 Å². The number of pyridine rings is 1. The molecule has 0 aliphatic rings. The molecule has 0 saturated heterocycles. The van der Waals surface area contributed by atoms with Gasteiger partial charge in [-0.1, -0.05) is 30.3 Å². The van der Waals surface area contributed by atoms with Crippen LogP contribution < -0.4 is 20.3 Å². The second-order valence-corrected chi connectivity index (χ2v) is 9.06. The number of rotatable bonds is 7. The summed E-state index contributed by atoms with van der Waals surface area (Å²) in [6.45, 7) is 2.16. The Bertz CT molecular complexity index is 1680. The number of aromatic nitrogens is 2. The molecule has 0 unspecified atom stereocenters. The fraction of sp³-hybridized carbons (Fsp3) is 0.200. The molecule has 0 aliphatic carbocycles. The molecule has 0 bridgehead atoms. The Labute approximate surface area is 214 Å². The van der Waals surface area contributed by atoms with Gasteiger partial charge in [-0.25, -0.2) is 0 Å². The molecule has 2 N–H and O–H groups in total. The molecule has 7 nitrogen and oxygen atoms in total. The molecule has 7 heteroatoms.